The summed E-state index contributed by atoms with van der Waals surface area (Å²) >= 11 is 0. The molecule has 0 aromatic heterocycles. The zero-order valence-electron chi connectivity index (χ0n) is 10.1. The molecule has 0 spiro atoms. The first-order valence-electron chi connectivity index (χ1n) is 6.45. The summed E-state index contributed by atoms with van der Waals surface area (Å²) in [4.78, 5) is 0. The summed E-state index contributed by atoms with van der Waals surface area (Å²) in [5.74, 6) is -1.97. The van der Waals surface area contributed by atoms with Gasteiger partial charge in [0.05, 0.1) is 0 Å². The highest BCUT2D eigenvalue weighted by molar-refractivity contribution is 5.20. The van der Waals surface area contributed by atoms with Crippen LogP contribution >= 0.6 is 0 Å². The van der Waals surface area contributed by atoms with Crippen molar-refractivity contribution in [2.24, 2.45) is 11.3 Å². The molecule has 3 rings (SSSR count). The van der Waals surface area contributed by atoms with E-state index in [1.165, 1.54) is 25.7 Å². The van der Waals surface area contributed by atoms with Crippen molar-refractivity contribution in [3.05, 3.63) is 35.1 Å². The summed E-state index contributed by atoms with van der Waals surface area (Å²) in [6.07, 6.45) is 5.10. The summed E-state index contributed by atoms with van der Waals surface area (Å²) in [6.45, 7) is 1.12. The van der Waals surface area contributed by atoms with Crippen LogP contribution in [0.5, 0.6) is 0 Å². The molecule has 1 aromatic carbocycles. The number of hydrogen-bond donors (Lipinski definition) is 1. The van der Waals surface area contributed by atoms with Gasteiger partial charge < -0.3 is 5.32 Å². The molecule has 0 amide bonds. The number of benzene rings is 1. The van der Waals surface area contributed by atoms with Crippen molar-refractivity contribution in [2.75, 3.05) is 6.54 Å². The van der Waals surface area contributed by atoms with Crippen LogP contribution in [0.3, 0.4) is 0 Å². The first-order chi connectivity index (χ1) is 8.61. The van der Waals surface area contributed by atoms with Crippen molar-refractivity contribution in [3.63, 3.8) is 0 Å². The SMILES string of the molecule is Fc1cc(F)c(CNCC2(C3CC3)CC2)cc1F. The second-order valence-electron chi connectivity index (χ2n) is 5.60. The van der Waals surface area contributed by atoms with E-state index in [2.05, 4.69) is 5.32 Å². The lowest BCUT2D eigenvalue weighted by Crippen LogP contribution is -2.25. The maximum atomic E-state index is 13.4. The van der Waals surface area contributed by atoms with Gasteiger partial charge in [0.15, 0.2) is 11.6 Å². The normalized spacial score (nSPS) is 21.1. The predicted molar refractivity (Wildman–Crippen MR) is 62.4 cm³/mol. The second-order valence-corrected chi connectivity index (χ2v) is 5.60. The smallest absolute Gasteiger partial charge is 0.161 e. The third-order valence-electron chi connectivity index (χ3n) is 4.22. The average molecular weight is 255 g/mol. The Morgan fingerprint density at radius 1 is 1.06 bits per heavy atom. The van der Waals surface area contributed by atoms with E-state index in [1.807, 2.05) is 0 Å². The molecule has 2 saturated carbocycles. The molecule has 0 bridgehead atoms. The third-order valence-corrected chi connectivity index (χ3v) is 4.22. The Hall–Kier alpha value is -1.03. The first-order valence-corrected chi connectivity index (χ1v) is 6.45. The van der Waals surface area contributed by atoms with Crippen LogP contribution in [0.4, 0.5) is 13.2 Å². The molecule has 1 nitrogen and oxygen atoms in total. The fourth-order valence-electron chi connectivity index (χ4n) is 2.73. The fraction of sp³-hybridized carbons (Fsp3) is 0.571. The van der Waals surface area contributed by atoms with Gasteiger partial charge in [-0.25, -0.2) is 13.2 Å². The molecule has 2 aliphatic carbocycles. The highest BCUT2D eigenvalue weighted by Crippen LogP contribution is 2.60. The Morgan fingerprint density at radius 2 is 1.72 bits per heavy atom. The summed E-state index contributed by atoms with van der Waals surface area (Å²) in [6, 6.07) is 1.55. The van der Waals surface area contributed by atoms with E-state index in [1.54, 1.807) is 0 Å². The highest BCUT2D eigenvalue weighted by Gasteiger charge is 2.53. The van der Waals surface area contributed by atoms with Crippen LogP contribution in [0.25, 0.3) is 0 Å². The maximum absolute atomic E-state index is 13.4. The van der Waals surface area contributed by atoms with Crippen LogP contribution in [0, 0.1) is 28.8 Å². The van der Waals surface area contributed by atoms with Crippen LogP contribution in [0.1, 0.15) is 31.2 Å². The van der Waals surface area contributed by atoms with Crippen molar-refractivity contribution < 1.29 is 13.2 Å². The molecule has 0 heterocycles. The van der Waals surface area contributed by atoms with Crippen LogP contribution < -0.4 is 5.32 Å². The monoisotopic (exact) mass is 255 g/mol. The number of rotatable bonds is 5. The Labute approximate surface area is 104 Å². The lowest BCUT2D eigenvalue weighted by molar-refractivity contribution is 0.400. The topological polar surface area (TPSA) is 12.0 Å². The molecule has 0 unspecified atom stereocenters. The van der Waals surface area contributed by atoms with Gasteiger partial charge in [-0.1, -0.05) is 0 Å². The Morgan fingerprint density at radius 3 is 2.33 bits per heavy atom. The molecule has 0 atom stereocenters. The van der Waals surface area contributed by atoms with E-state index in [0.29, 0.717) is 11.5 Å². The van der Waals surface area contributed by atoms with Crippen molar-refractivity contribution in [3.8, 4) is 0 Å². The molecule has 18 heavy (non-hydrogen) atoms. The van der Waals surface area contributed by atoms with E-state index in [9.17, 15) is 13.2 Å². The molecule has 1 aromatic rings. The predicted octanol–water partition coefficient (Wildman–Crippen LogP) is 3.38. The van der Waals surface area contributed by atoms with Crippen LogP contribution in [0.15, 0.2) is 12.1 Å². The van der Waals surface area contributed by atoms with E-state index < -0.39 is 17.5 Å². The Bertz CT molecular complexity index is 464. The lowest BCUT2D eigenvalue weighted by Gasteiger charge is -2.15. The lowest BCUT2D eigenvalue weighted by atomic mass is 10.0. The Kier molecular flexibility index (Phi) is 2.85. The molecule has 0 radical (unpaired) electrons. The highest BCUT2D eigenvalue weighted by atomic mass is 19.2. The van der Waals surface area contributed by atoms with E-state index in [0.717, 1.165) is 18.5 Å². The minimum atomic E-state index is -1.13. The maximum Gasteiger partial charge on any atom is 0.161 e. The molecular weight excluding hydrogens is 239 g/mol. The van der Waals surface area contributed by atoms with Crippen molar-refractivity contribution in [1.82, 2.24) is 5.32 Å². The second kappa shape index (κ2) is 4.26. The van der Waals surface area contributed by atoms with Gasteiger partial charge in [-0.05, 0) is 43.1 Å². The minimum Gasteiger partial charge on any atom is -0.312 e. The molecule has 0 aliphatic heterocycles. The number of halogens is 3. The zero-order valence-corrected chi connectivity index (χ0v) is 10.1. The summed E-state index contributed by atoms with van der Waals surface area (Å²) in [7, 11) is 0. The molecule has 4 heteroatoms. The minimum absolute atomic E-state index is 0.195. The first kappa shape index (κ1) is 12.0. The van der Waals surface area contributed by atoms with Crippen LogP contribution in [-0.4, -0.2) is 6.54 Å². The van der Waals surface area contributed by atoms with E-state index in [-0.39, 0.29) is 12.1 Å². The molecular formula is C14H16F3N. The average Bonchev–Trinajstić information content (AvgIpc) is 3.16. The van der Waals surface area contributed by atoms with Gasteiger partial charge in [-0.2, -0.15) is 0 Å². The van der Waals surface area contributed by atoms with Gasteiger partial charge >= 0.3 is 0 Å². The van der Waals surface area contributed by atoms with E-state index in [4.69, 9.17) is 0 Å². The van der Waals surface area contributed by atoms with Crippen molar-refractivity contribution in [2.45, 2.75) is 32.2 Å². The Balaban J connectivity index is 1.58. The fourth-order valence-corrected chi connectivity index (χ4v) is 2.73. The van der Waals surface area contributed by atoms with Gasteiger partial charge in [-0.15, -0.1) is 0 Å². The standard InChI is InChI=1S/C14H16F3N/c15-11-6-13(17)12(16)5-9(11)7-18-8-14(3-4-14)10-1-2-10/h5-6,10,18H,1-4,7-8H2. The quantitative estimate of drug-likeness (QED) is 0.795. The number of hydrogen-bond acceptors (Lipinski definition) is 1. The van der Waals surface area contributed by atoms with Crippen molar-refractivity contribution >= 4 is 0 Å². The summed E-state index contributed by atoms with van der Waals surface area (Å²) in [5, 5.41) is 3.18. The molecule has 2 aliphatic rings. The summed E-state index contributed by atoms with van der Waals surface area (Å²) < 4.78 is 39.2. The van der Waals surface area contributed by atoms with Gasteiger partial charge in [0, 0.05) is 24.7 Å². The van der Waals surface area contributed by atoms with Gasteiger partial charge in [-0.3, -0.25) is 0 Å². The summed E-state index contributed by atoms with van der Waals surface area (Å²) in [5.41, 5.74) is 0.621. The molecule has 98 valence electrons. The van der Waals surface area contributed by atoms with E-state index >= 15 is 0 Å². The van der Waals surface area contributed by atoms with Crippen molar-refractivity contribution in [1.29, 1.82) is 0 Å². The molecule has 1 N–H and O–H groups in total. The van der Waals surface area contributed by atoms with Gasteiger partial charge in [0.1, 0.15) is 5.82 Å². The van der Waals surface area contributed by atoms with Crippen LogP contribution in [-0.2, 0) is 6.54 Å². The zero-order chi connectivity index (χ0) is 12.8. The molecule has 0 saturated heterocycles. The largest absolute Gasteiger partial charge is 0.312 e. The van der Waals surface area contributed by atoms with Gasteiger partial charge in [0.25, 0.3) is 0 Å². The third kappa shape index (κ3) is 2.26. The number of nitrogens with one attached hydrogen (secondary N) is 1. The van der Waals surface area contributed by atoms with Gasteiger partial charge in [0.2, 0.25) is 0 Å². The molecule has 2 fully saturated rings. The van der Waals surface area contributed by atoms with Crippen LogP contribution in [0.2, 0.25) is 0 Å².